The summed E-state index contributed by atoms with van der Waals surface area (Å²) in [5, 5.41) is 2.36. The lowest BCUT2D eigenvalue weighted by molar-refractivity contribution is -0.137. The molecule has 1 fully saturated rings. The number of hydrogen-bond donors (Lipinski definition) is 1. The molecule has 6 nitrogen and oxygen atoms in total. The summed E-state index contributed by atoms with van der Waals surface area (Å²) in [6, 6.07) is 4.27. The van der Waals surface area contributed by atoms with Crippen molar-refractivity contribution in [3.63, 3.8) is 0 Å². The van der Waals surface area contributed by atoms with Gasteiger partial charge < -0.3 is 10.2 Å². The van der Waals surface area contributed by atoms with Crippen LogP contribution in [0.5, 0.6) is 0 Å². The zero-order chi connectivity index (χ0) is 19.4. The molecule has 1 N–H and O–H groups in total. The van der Waals surface area contributed by atoms with Crippen LogP contribution in [0.4, 0.5) is 13.2 Å². The summed E-state index contributed by atoms with van der Waals surface area (Å²) >= 11 is 0. The third kappa shape index (κ3) is 5.87. The van der Waals surface area contributed by atoms with Crippen LogP contribution in [0.2, 0.25) is 0 Å². The van der Waals surface area contributed by atoms with Gasteiger partial charge in [-0.2, -0.15) is 13.2 Å². The largest absolute Gasteiger partial charge is 0.416 e. The highest BCUT2D eigenvalue weighted by molar-refractivity contribution is 7.91. The fourth-order valence-electron chi connectivity index (χ4n) is 2.25. The van der Waals surface area contributed by atoms with Gasteiger partial charge in [0.15, 0.2) is 9.84 Å². The molecule has 0 atom stereocenters. The van der Waals surface area contributed by atoms with Crippen LogP contribution in [0.3, 0.4) is 0 Å². The van der Waals surface area contributed by atoms with Crippen molar-refractivity contribution in [3.05, 3.63) is 41.5 Å². The average Bonchev–Trinajstić information content (AvgIpc) is 2.57. The van der Waals surface area contributed by atoms with Gasteiger partial charge in [0.25, 0.3) is 0 Å². The zero-order valence-corrected chi connectivity index (χ0v) is 14.4. The molecule has 26 heavy (non-hydrogen) atoms. The maximum Gasteiger partial charge on any atom is 0.416 e. The molecule has 0 aliphatic carbocycles. The van der Waals surface area contributed by atoms with Crippen molar-refractivity contribution in [2.75, 3.05) is 31.1 Å². The van der Waals surface area contributed by atoms with Gasteiger partial charge in [0.1, 0.15) is 0 Å². The summed E-state index contributed by atoms with van der Waals surface area (Å²) in [5.74, 6) is -1.17. The molecule has 2 amide bonds. The molecule has 0 bridgehead atoms. The van der Waals surface area contributed by atoms with Gasteiger partial charge in [0.2, 0.25) is 11.8 Å². The first-order valence-electron chi connectivity index (χ1n) is 7.68. The third-order valence-electron chi connectivity index (χ3n) is 3.78. The number of amides is 2. The van der Waals surface area contributed by atoms with Crippen LogP contribution in [0, 0.1) is 0 Å². The Bertz CT molecular complexity index is 788. The zero-order valence-electron chi connectivity index (χ0n) is 13.6. The Balaban J connectivity index is 1.81. The molecule has 1 aliphatic heterocycles. The molecule has 1 heterocycles. The summed E-state index contributed by atoms with van der Waals surface area (Å²) < 4.78 is 60.0. The van der Waals surface area contributed by atoms with Crippen LogP contribution in [0.15, 0.2) is 30.3 Å². The van der Waals surface area contributed by atoms with E-state index in [9.17, 15) is 31.2 Å². The lowest BCUT2D eigenvalue weighted by Crippen LogP contribution is -2.47. The molecule has 1 aliphatic rings. The fraction of sp³-hybridized carbons (Fsp3) is 0.375. The second kappa shape index (κ2) is 7.90. The Morgan fingerprint density at radius 2 is 1.69 bits per heavy atom. The van der Waals surface area contributed by atoms with Crippen molar-refractivity contribution >= 4 is 27.7 Å². The van der Waals surface area contributed by atoms with Gasteiger partial charge >= 0.3 is 6.18 Å². The van der Waals surface area contributed by atoms with E-state index in [4.69, 9.17) is 0 Å². The van der Waals surface area contributed by atoms with Crippen molar-refractivity contribution in [2.24, 2.45) is 0 Å². The van der Waals surface area contributed by atoms with E-state index in [0.717, 1.165) is 18.2 Å². The van der Waals surface area contributed by atoms with E-state index in [0.29, 0.717) is 5.56 Å². The van der Waals surface area contributed by atoms with Crippen LogP contribution < -0.4 is 5.32 Å². The molecule has 0 spiro atoms. The summed E-state index contributed by atoms with van der Waals surface area (Å²) in [5.41, 5.74) is -0.381. The van der Waals surface area contributed by atoms with Crippen LogP contribution in [0.1, 0.15) is 11.1 Å². The lowest BCUT2D eigenvalue weighted by atomic mass is 10.1. The fourth-order valence-corrected chi connectivity index (χ4v) is 3.45. The monoisotopic (exact) mass is 390 g/mol. The Morgan fingerprint density at radius 3 is 2.23 bits per heavy atom. The highest BCUT2D eigenvalue weighted by atomic mass is 32.2. The summed E-state index contributed by atoms with van der Waals surface area (Å²) in [4.78, 5) is 25.0. The van der Waals surface area contributed by atoms with E-state index < -0.39 is 33.4 Å². The second-order valence-electron chi connectivity index (χ2n) is 5.70. The minimum absolute atomic E-state index is 0.0957. The summed E-state index contributed by atoms with van der Waals surface area (Å²) in [6.07, 6.45) is -1.99. The van der Waals surface area contributed by atoms with Crippen molar-refractivity contribution in [3.8, 4) is 0 Å². The van der Waals surface area contributed by atoms with Gasteiger partial charge in [-0.1, -0.05) is 12.1 Å². The first-order chi connectivity index (χ1) is 12.1. The van der Waals surface area contributed by atoms with E-state index in [1.807, 2.05) is 0 Å². The topological polar surface area (TPSA) is 83.6 Å². The molecule has 10 heteroatoms. The average molecular weight is 390 g/mol. The molecule has 0 radical (unpaired) electrons. The molecule has 1 aromatic rings. The van der Waals surface area contributed by atoms with Crippen LogP contribution >= 0.6 is 0 Å². The summed E-state index contributed by atoms with van der Waals surface area (Å²) in [7, 11) is -3.09. The van der Waals surface area contributed by atoms with Crippen LogP contribution in [0.25, 0.3) is 6.08 Å². The number of sulfone groups is 1. The lowest BCUT2D eigenvalue weighted by Gasteiger charge is -2.26. The standard InChI is InChI=1S/C16H17F3N2O4S/c17-16(18,19)13-4-1-12(2-5-13)3-6-14(22)20-11-15(23)21-7-9-26(24,25)10-8-21/h1-6H,7-11H2,(H,20,22)/b6-3+. The van der Waals surface area contributed by atoms with Crippen molar-refractivity contribution in [1.29, 1.82) is 0 Å². The first-order valence-corrected chi connectivity index (χ1v) is 9.50. The SMILES string of the molecule is O=C(/C=C/c1ccc(C(F)(F)F)cc1)NCC(=O)N1CCS(=O)(=O)CC1. The number of hydrogen-bond acceptors (Lipinski definition) is 4. The van der Waals surface area contributed by atoms with Gasteiger partial charge in [0, 0.05) is 19.2 Å². The van der Waals surface area contributed by atoms with Gasteiger partial charge in [-0.25, -0.2) is 8.42 Å². The molecule has 0 aromatic heterocycles. The van der Waals surface area contributed by atoms with Crippen LogP contribution in [-0.2, 0) is 25.6 Å². The maximum atomic E-state index is 12.5. The first kappa shape index (κ1) is 20.0. The quantitative estimate of drug-likeness (QED) is 0.781. The molecule has 1 aromatic carbocycles. The number of alkyl halides is 3. The van der Waals surface area contributed by atoms with E-state index in [2.05, 4.69) is 5.32 Å². The predicted octanol–water partition coefficient (Wildman–Crippen LogP) is 1.09. The molecule has 0 unspecified atom stereocenters. The normalized spacial score (nSPS) is 17.3. The highest BCUT2D eigenvalue weighted by Crippen LogP contribution is 2.29. The molecule has 1 saturated heterocycles. The molecule has 142 valence electrons. The Kier molecular flexibility index (Phi) is 6.06. The smallest absolute Gasteiger partial charge is 0.343 e. The molecular formula is C16H17F3N2O4S. The van der Waals surface area contributed by atoms with Crippen LogP contribution in [-0.4, -0.2) is 56.3 Å². The maximum absolute atomic E-state index is 12.5. The second-order valence-corrected chi connectivity index (χ2v) is 8.01. The third-order valence-corrected chi connectivity index (χ3v) is 5.39. The number of carbonyl (C=O) groups excluding carboxylic acids is 2. The Labute approximate surface area is 148 Å². The van der Waals surface area contributed by atoms with Gasteiger partial charge in [0.05, 0.1) is 23.6 Å². The number of halogens is 3. The molecule has 2 rings (SSSR count). The van der Waals surface area contributed by atoms with E-state index in [-0.39, 0.29) is 31.1 Å². The van der Waals surface area contributed by atoms with E-state index in [1.165, 1.54) is 23.1 Å². The minimum atomic E-state index is -4.42. The molecule has 0 saturated carbocycles. The number of rotatable bonds is 4. The van der Waals surface area contributed by atoms with Crippen molar-refractivity contribution < 1.29 is 31.2 Å². The van der Waals surface area contributed by atoms with E-state index >= 15 is 0 Å². The number of nitrogens with zero attached hydrogens (tertiary/aromatic N) is 1. The van der Waals surface area contributed by atoms with Gasteiger partial charge in [-0.3, -0.25) is 9.59 Å². The van der Waals surface area contributed by atoms with Crippen molar-refractivity contribution in [2.45, 2.75) is 6.18 Å². The van der Waals surface area contributed by atoms with E-state index in [1.54, 1.807) is 0 Å². The minimum Gasteiger partial charge on any atom is -0.343 e. The number of benzene rings is 1. The van der Waals surface area contributed by atoms with Gasteiger partial charge in [-0.05, 0) is 23.8 Å². The number of carbonyl (C=O) groups is 2. The van der Waals surface area contributed by atoms with Gasteiger partial charge in [-0.15, -0.1) is 0 Å². The Morgan fingerprint density at radius 1 is 1.12 bits per heavy atom. The summed E-state index contributed by atoms with van der Waals surface area (Å²) in [6.45, 7) is -0.0902. The molecular weight excluding hydrogens is 373 g/mol. The predicted molar refractivity (Wildman–Crippen MR) is 88.7 cm³/mol. The van der Waals surface area contributed by atoms with Crippen molar-refractivity contribution in [1.82, 2.24) is 10.2 Å². The number of nitrogens with one attached hydrogen (secondary N) is 1. The highest BCUT2D eigenvalue weighted by Gasteiger charge is 2.29. The Hall–Kier alpha value is -2.36.